The van der Waals surface area contributed by atoms with Crippen molar-refractivity contribution in [3.05, 3.63) is 48.2 Å². The number of carbonyl (C=O) groups is 2. The van der Waals surface area contributed by atoms with Gasteiger partial charge in [0.1, 0.15) is 11.3 Å². The van der Waals surface area contributed by atoms with Crippen molar-refractivity contribution < 1.29 is 23.8 Å². The molecule has 1 amide bonds. The smallest absolute Gasteiger partial charge is 0.341 e. The van der Waals surface area contributed by atoms with Gasteiger partial charge < -0.3 is 30.2 Å². The lowest BCUT2D eigenvalue weighted by atomic mass is 9.97. The van der Waals surface area contributed by atoms with Crippen LogP contribution in [-0.4, -0.2) is 61.4 Å². The maximum Gasteiger partial charge on any atom is 0.341 e. The summed E-state index contributed by atoms with van der Waals surface area (Å²) in [5.41, 5.74) is 8.00. The molecule has 0 saturated carbocycles. The van der Waals surface area contributed by atoms with Gasteiger partial charge in [0.15, 0.2) is 23.7 Å². The number of carboxylic acids is 1. The number of nitrogens with zero attached hydrogens (tertiary/aromatic N) is 6. The number of carboxylic acid groups (broad SMARTS) is 1. The first kappa shape index (κ1) is 21.2. The van der Waals surface area contributed by atoms with Gasteiger partial charge in [-0.1, -0.05) is 0 Å². The number of carbonyl (C=O) groups excluding carboxylic acids is 1. The van der Waals surface area contributed by atoms with Crippen molar-refractivity contribution in [1.82, 2.24) is 24.7 Å². The Balaban J connectivity index is 1.28. The second kappa shape index (κ2) is 8.35. The average Bonchev–Trinajstić information content (AvgIpc) is 3.37. The van der Waals surface area contributed by atoms with Crippen LogP contribution in [0.1, 0.15) is 22.1 Å². The highest BCUT2D eigenvalue weighted by molar-refractivity contribution is 5.96. The lowest BCUT2D eigenvalue weighted by Gasteiger charge is -2.37. The highest BCUT2D eigenvalue weighted by Gasteiger charge is 2.33. The molecule has 0 aliphatic carbocycles. The summed E-state index contributed by atoms with van der Waals surface area (Å²) in [6, 6.07) is 5.37. The number of aryl methyl sites for hydroxylation is 1. The van der Waals surface area contributed by atoms with Crippen LogP contribution in [0.15, 0.2) is 41.2 Å². The molecule has 0 spiro atoms. The molecule has 1 fully saturated rings. The highest BCUT2D eigenvalue weighted by Crippen LogP contribution is 2.33. The van der Waals surface area contributed by atoms with Gasteiger partial charge in [-0.25, -0.2) is 14.8 Å². The number of ether oxygens (including phenoxy) is 1. The fourth-order valence-corrected chi connectivity index (χ4v) is 3.57. The van der Waals surface area contributed by atoms with Gasteiger partial charge >= 0.3 is 5.97 Å². The van der Waals surface area contributed by atoms with Crippen molar-refractivity contribution in [2.45, 2.75) is 5.92 Å². The molecular formula is C21H20N8O5. The summed E-state index contributed by atoms with van der Waals surface area (Å²) in [4.78, 5) is 37.8. The molecule has 0 radical (unpaired) electrons. The molecule has 3 aromatic heterocycles. The van der Waals surface area contributed by atoms with Crippen molar-refractivity contribution in [2.75, 3.05) is 29.9 Å². The second-order valence-corrected chi connectivity index (χ2v) is 7.79. The van der Waals surface area contributed by atoms with Crippen LogP contribution in [0, 0.1) is 0 Å². The van der Waals surface area contributed by atoms with Crippen LogP contribution in [0.5, 0.6) is 5.75 Å². The second-order valence-electron chi connectivity index (χ2n) is 7.79. The number of aromatic nitrogens is 5. The first-order valence-corrected chi connectivity index (χ1v) is 10.3. The molecule has 4 N–H and O–H groups in total. The summed E-state index contributed by atoms with van der Waals surface area (Å²) < 4.78 is 12.6. The molecule has 4 heterocycles. The number of oxazole rings is 1. The van der Waals surface area contributed by atoms with E-state index in [0.717, 1.165) is 0 Å². The first-order chi connectivity index (χ1) is 16.4. The van der Waals surface area contributed by atoms with Crippen molar-refractivity contribution in [3.63, 3.8) is 0 Å². The standard InChI is InChI=1S/C21H20N8O5/c1-28-9-12(5-24-28)25-20-18(19(22)32)26-15(6-23-20)11-7-29(8-11)21-27-14-3-2-13(4-16(14)34-21)33-10-17(30)31/h2-6,9,11H,7-8,10H2,1H3,(H2,22,32)(H,23,25)(H,30,31). The van der Waals surface area contributed by atoms with Crippen molar-refractivity contribution in [2.24, 2.45) is 12.8 Å². The number of hydrogen-bond donors (Lipinski definition) is 3. The lowest BCUT2D eigenvalue weighted by molar-refractivity contribution is -0.139. The summed E-state index contributed by atoms with van der Waals surface area (Å²) in [5.74, 6) is -1.08. The zero-order chi connectivity index (χ0) is 23.8. The minimum absolute atomic E-state index is 0.0162. The summed E-state index contributed by atoms with van der Waals surface area (Å²) in [5, 5.41) is 15.8. The molecule has 13 nitrogen and oxygen atoms in total. The summed E-state index contributed by atoms with van der Waals surface area (Å²) in [7, 11) is 1.78. The van der Waals surface area contributed by atoms with E-state index in [1.807, 2.05) is 4.90 Å². The third-order valence-corrected chi connectivity index (χ3v) is 5.27. The van der Waals surface area contributed by atoms with E-state index in [-0.39, 0.29) is 17.4 Å². The predicted octanol–water partition coefficient (Wildman–Crippen LogP) is 1.26. The Morgan fingerprint density at radius 3 is 2.82 bits per heavy atom. The normalized spacial score (nSPS) is 13.6. The van der Waals surface area contributed by atoms with Crippen LogP contribution in [0.25, 0.3) is 11.1 Å². The molecule has 13 heteroatoms. The molecule has 0 bridgehead atoms. The quantitative estimate of drug-likeness (QED) is 0.342. The van der Waals surface area contributed by atoms with E-state index in [0.29, 0.717) is 47.3 Å². The molecule has 1 saturated heterocycles. The number of benzene rings is 1. The fourth-order valence-electron chi connectivity index (χ4n) is 3.57. The van der Waals surface area contributed by atoms with E-state index in [1.54, 1.807) is 48.5 Å². The van der Waals surface area contributed by atoms with Gasteiger partial charge in [0.25, 0.3) is 11.9 Å². The monoisotopic (exact) mass is 464 g/mol. The maximum absolute atomic E-state index is 12.0. The van der Waals surface area contributed by atoms with Crippen LogP contribution >= 0.6 is 0 Å². The summed E-state index contributed by atoms with van der Waals surface area (Å²) in [6.45, 7) is 0.695. The molecule has 174 valence electrons. The van der Waals surface area contributed by atoms with E-state index in [2.05, 4.69) is 25.4 Å². The largest absolute Gasteiger partial charge is 0.482 e. The molecule has 34 heavy (non-hydrogen) atoms. The number of nitrogens with two attached hydrogens (primary N) is 1. The van der Waals surface area contributed by atoms with Gasteiger partial charge in [-0.15, -0.1) is 0 Å². The minimum atomic E-state index is -1.06. The van der Waals surface area contributed by atoms with E-state index in [1.165, 1.54) is 0 Å². The first-order valence-electron chi connectivity index (χ1n) is 10.3. The minimum Gasteiger partial charge on any atom is -0.482 e. The van der Waals surface area contributed by atoms with Crippen LogP contribution in [0.3, 0.4) is 0 Å². The Hall–Kier alpha value is -4.68. The number of aliphatic carboxylic acids is 1. The maximum atomic E-state index is 12.0. The van der Waals surface area contributed by atoms with Gasteiger partial charge in [-0.2, -0.15) is 10.1 Å². The Morgan fingerprint density at radius 2 is 2.12 bits per heavy atom. The summed E-state index contributed by atoms with van der Waals surface area (Å²) in [6.07, 6.45) is 4.96. The van der Waals surface area contributed by atoms with E-state index >= 15 is 0 Å². The Kier molecular flexibility index (Phi) is 5.20. The molecule has 0 atom stereocenters. The van der Waals surface area contributed by atoms with Crippen molar-refractivity contribution in [3.8, 4) is 5.75 Å². The zero-order valence-electron chi connectivity index (χ0n) is 18.0. The molecule has 4 aromatic rings. The van der Waals surface area contributed by atoms with Gasteiger partial charge in [0.2, 0.25) is 0 Å². The van der Waals surface area contributed by atoms with Gasteiger partial charge in [-0.05, 0) is 12.1 Å². The van der Waals surface area contributed by atoms with Crippen molar-refractivity contribution in [1.29, 1.82) is 0 Å². The number of hydrogen-bond acceptors (Lipinski definition) is 10. The van der Waals surface area contributed by atoms with Crippen LogP contribution in [-0.2, 0) is 11.8 Å². The van der Waals surface area contributed by atoms with Gasteiger partial charge in [0.05, 0.1) is 23.8 Å². The number of primary amides is 1. The van der Waals surface area contributed by atoms with Gasteiger partial charge in [0, 0.05) is 38.3 Å². The molecular weight excluding hydrogens is 444 g/mol. The Labute approximate surface area is 192 Å². The van der Waals surface area contributed by atoms with Gasteiger partial charge in [-0.3, -0.25) is 9.48 Å². The van der Waals surface area contributed by atoms with Crippen LogP contribution in [0.4, 0.5) is 17.5 Å². The number of nitrogens with one attached hydrogen (secondary N) is 1. The topological polar surface area (TPSA) is 175 Å². The number of rotatable bonds is 8. The predicted molar refractivity (Wildman–Crippen MR) is 119 cm³/mol. The highest BCUT2D eigenvalue weighted by atomic mass is 16.5. The zero-order valence-corrected chi connectivity index (χ0v) is 18.0. The lowest BCUT2D eigenvalue weighted by Crippen LogP contribution is -2.45. The molecule has 0 unspecified atom stereocenters. The molecule has 1 aliphatic rings. The Morgan fingerprint density at radius 1 is 1.29 bits per heavy atom. The molecule has 1 aliphatic heterocycles. The molecule has 5 rings (SSSR count). The molecule has 1 aromatic carbocycles. The van der Waals surface area contributed by atoms with Crippen LogP contribution < -0.4 is 20.7 Å². The van der Waals surface area contributed by atoms with E-state index in [9.17, 15) is 9.59 Å². The number of amides is 1. The van der Waals surface area contributed by atoms with E-state index < -0.39 is 18.5 Å². The summed E-state index contributed by atoms with van der Waals surface area (Å²) >= 11 is 0. The third kappa shape index (κ3) is 4.18. The van der Waals surface area contributed by atoms with Crippen LogP contribution in [0.2, 0.25) is 0 Å². The average molecular weight is 464 g/mol. The Bertz CT molecular complexity index is 1390. The number of anilines is 3. The number of fused-ring (bicyclic) bond motifs is 1. The van der Waals surface area contributed by atoms with Crippen molar-refractivity contribution >= 4 is 40.5 Å². The SMILES string of the molecule is Cn1cc(Nc2ncc(C3CN(c4nc5ccc(OCC(=O)O)cc5o4)C3)nc2C(N)=O)cn1. The fraction of sp³-hybridized carbons (Fsp3) is 0.238. The van der Waals surface area contributed by atoms with E-state index in [4.69, 9.17) is 20.0 Å². The third-order valence-electron chi connectivity index (χ3n) is 5.27.